The molecule has 0 radical (unpaired) electrons. The molecule has 0 saturated carbocycles. The van der Waals surface area contributed by atoms with Gasteiger partial charge >= 0.3 is 0 Å². The third kappa shape index (κ3) is 4.40. The number of carbonyl (C=O) groups excluding carboxylic acids is 1. The molecule has 6 atom stereocenters. The van der Waals surface area contributed by atoms with Crippen LogP contribution in [0.3, 0.4) is 0 Å². The van der Waals surface area contributed by atoms with Crippen LogP contribution in [0.25, 0.3) is 0 Å². The minimum atomic E-state index is -1.65. The molecule has 9 N–H and O–H groups in total. The van der Waals surface area contributed by atoms with Crippen molar-refractivity contribution < 1.29 is 60.2 Å². The number of aliphatic hydroxyl groups excluding tert-OH is 3. The van der Waals surface area contributed by atoms with Crippen molar-refractivity contribution >= 4 is 5.78 Å². The summed E-state index contributed by atoms with van der Waals surface area (Å²) in [5.41, 5.74) is 0.420. The number of aliphatic hydroxyl groups is 3. The van der Waals surface area contributed by atoms with Crippen molar-refractivity contribution in [1.29, 1.82) is 0 Å². The lowest BCUT2D eigenvalue weighted by atomic mass is 9.82. The van der Waals surface area contributed by atoms with Gasteiger partial charge in [0.2, 0.25) is 0 Å². The topological polar surface area (TPSA) is 218 Å². The van der Waals surface area contributed by atoms with Crippen molar-refractivity contribution in [1.82, 2.24) is 0 Å². The summed E-state index contributed by atoms with van der Waals surface area (Å²) < 4.78 is 11.9. The fourth-order valence-electron chi connectivity index (χ4n) is 6.23. The Morgan fingerprint density at radius 1 is 0.659 bits per heavy atom. The SMILES string of the molecule is O=C1c2c(O)c(O)cc(C3Oc4cc(O)cc(O)c4CC3O)c2CC(C2Oc3cc(O)cc(O)c3CC2O)CC1O. The van der Waals surface area contributed by atoms with E-state index in [9.17, 15) is 50.8 Å². The van der Waals surface area contributed by atoms with E-state index in [-0.39, 0.29) is 88.0 Å². The molecule has 0 saturated heterocycles. The number of Topliss-reactive ketones (excluding diaryl/α,β-unsaturated/α-hetero) is 1. The Kier molecular flexibility index (Phi) is 6.29. The van der Waals surface area contributed by atoms with Crippen LogP contribution in [0.15, 0.2) is 30.3 Å². The number of ether oxygens (including phenoxy) is 2. The Balaban J connectivity index is 1.44. The summed E-state index contributed by atoms with van der Waals surface area (Å²) in [6, 6.07) is 5.89. The summed E-state index contributed by atoms with van der Waals surface area (Å²) >= 11 is 0. The molecular weight excluding hydrogens is 540 g/mol. The highest BCUT2D eigenvalue weighted by Gasteiger charge is 2.44. The molecule has 3 aliphatic rings. The number of rotatable bonds is 2. The van der Waals surface area contributed by atoms with Crippen LogP contribution in [0.1, 0.15) is 45.1 Å². The Hall–Kier alpha value is -4.39. The molecule has 2 aliphatic heterocycles. The molecule has 12 nitrogen and oxygen atoms in total. The molecule has 41 heavy (non-hydrogen) atoms. The van der Waals surface area contributed by atoms with Gasteiger partial charge in [-0.3, -0.25) is 4.79 Å². The van der Waals surface area contributed by atoms with Gasteiger partial charge < -0.3 is 55.4 Å². The van der Waals surface area contributed by atoms with E-state index in [2.05, 4.69) is 0 Å². The molecule has 0 spiro atoms. The van der Waals surface area contributed by atoms with Crippen LogP contribution in [-0.2, 0) is 19.3 Å². The van der Waals surface area contributed by atoms with Crippen LogP contribution < -0.4 is 9.47 Å². The normalized spacial score (nSPS) is 27.0. The first kappa shape index (κ1) is 26.8. The minimum Gasteiger partial charge on any atom is -0.508 e. The number of aromatic hydroxyl groups is 6. The van der Waals surface area contributed by atoms with E-state index in [0.717, 1.165) is 18.2 Å². The van der Waals surface area contributed by atoms with Gasteiger partial charge in [0.25, 0.3) is 0 Å². The maximum Gasteiger partial charge on any atom is 0.195 e. The molecule has 0 aromatic heterocycles. The minimum absolute atomic E-state index is 0.0403. The molecule has 2 heterocycles. The van der Waals surface area contributed by atoms with Crippen LogP contribution in [0.5, 0.6) is 46.0 Å². The van der Waals surface area contributed by atoms with Crippen molar-refractivity contribution in [2.45, 2.75) is 56.2 Å². The Morgan fingerprint density at radius 3 is 1.88 bits per heavy atom. The van der Waals surface area contributed by atoms with Gasteiger partial charge in [-0.15, -0.1) is 0 Å². The highest BCUT2D eigenvalue weighted by Crippen LogP contribution is 2.48. The summed E-state index contributed by atoms with van der Waals surface area (Å²) in [6.45, 7) is 0. The maximum atomic E-state index is 13.4. The Labute approximate surface area is 232 Å². The van der Waals surface area contributed by atoms with Crippen molar-refractivity contribution in [2.75, 3.05) is 0 Å². The quantitative estimate of drug-likeness (QED) is 0.158. The van der Waals surface area contributed by atoms with E-state index >= 15 is 0 Å². The first-order chi connectivity index (χ1) is 19.4. The van der Waals surface area contributed by atoms with Gasteiger partial charge in [-0.25, -0.2) is 0 Å². The van der Waals surface area contributed by atoms with Gasteiger partial charge in [0.05, 0.1) is 17.8 Å². The van der Waals surface area contributed by atoms with Crippen LogP contribution >= 0.6 is 0 Å². The molecule has 6 rings (SSSR count). The summed E-state index contributed by atoms with van der Waals surface area (Å²) in [5.74, 6) is -4.01. The second-order valence-electron chi connectivity index (χ2n) is 10.8. The molecule has 12 heteroatoms. The maximum absolute atomic E-state index is 13.4. The largest absolute Gasteiger partial charge is 0.508 e. The van der Waals surface area contributed by atoms with Crippen molar-refractivity contribution in [3.05, 3.63) is 58.1 Å². The Bertz CT molecular complexity index is 1570. The molecule has 0 bridgehead atoms. The molecular formula is C29H28O12. The van der Waals surface area contributed by atoms with Crippen LogP contribution in [0.4, 0.5) is 0 Å². The lowest BCUT2D eigenvalue weighted by molar-refractivity contribution is -0.0239. The number of benzene rings is 3. The van der Waals surface area contributed by atoms with Gasteiger partial charge in [0.1, 0.15) is 46.7 Å². The summed E-state index contributed by atoms with van der Waals surface area (Å²) in [7, 11) is 0. The van der Waals surface area contributed by atoms with Crippen molar-refractivity contribution in [3.8, 4) is 46.0 Å². The van der Waals surface area contributed by atoms with Crippen molar-refractivity contribution in [2.24, 2.45) is 5.92 Å². The highest BCUT2D eigenvalue weighted by atomic mass is 16.5. The lowest BCUT2D eigenvalue weighted by Crippen LogP contribution is -2.44. The highest BCUT2D eigenvalue weighted by molar-refractivity contribution is 6.04. The standard InChI is InChI=1S/C29H28O12/c30-11-3-17(32)15-8-21(36)28(40-23(15)5-11)10-1-13-14(7-20(35)27(39)25(13)26(38)19(34)2-10)29-22(37)9-16-18(33)4-12(31)6-24(16)41-29/h3-7,10,19,21-22,28-37,39H,1-2,8-9H2. The van der Waals surface area contributed by atoms with Gasteiger partial charge in [-0.05, 0) is 24.5 Å². The first-order valence-corrected chi connectivity index (χ1v) is 13.0. The zero-order chi connectivity index (χ0) is 29.3. The third-order valence-electron chi connectivity index (χ3n) is 8.15. The van der Waals surface area contributed by atoms with Crippen LogP contribution in [-0.4, -0.2) is 76.2 Å². The van der Waals surface area contributed by atoms with E-state index in [1.54, 1.807) is 0 Å². The smallest absolute Gasteiger partial charge is 0.195 e. The monoisotopic (exact) mass is 568 g/mol. The zero-order valence-corrected chi connectivity index (χ0v) is 21.4. The number of phenolic OH excluding ortho intramolecular Hbond substituents is 6. The van der Waals surface area contributed by atoms with Crippen LogP contribution in [0, 0.1) is 5.92 Å². The second kappa shape index (κ2) is 9.61. The zero-order valence-electron chi connectivity index (χ0n) is 21.4. The molecule has 0 amide bonds. The third-order valence-corrected chi connectivity index (χ3v) is 8.15. The number of hydrogen-bond acceptors (Lipinski definition) is 12. The summed E-state index contributed by atoms with van der Waals surface area (Å²) in [4.78, 5) is 13.4. The van der Waals surface area contributed by atoms with E-state index < -0.39 is 53.7 Å². The number of ketones is 1. The van der Waals surface area contributed by atoms with E-state index in [4.69, 9.17) is 9.47 Å². The van der Waals surface area contributed by atoms with Gasteiger partial charge in [-0.2, -0.15) is 0 Å². The predicted molar refractivity (Wildman–Crippen MR) is 139 cm³/mol. The van der Waals surface area contributed by atoms with Crippen LogP contribution in [0.2, 0.25) is 0 Å². The van der Waals surface area contributed by atoms with Crippen molar-refractivity contribution in [3.63, 3.8) is 0 Å². The Morgan fingerprint density at radius 2 is 1.24 bits per heavy atom. The average Bonchev–Trinajstić information content (AvgIpc) is 3.03. The number of carbonyl (C=O) groups is 1. The van der Waals surface area contributed by atoms with E-state index in [0.29, 0.717) is 0 Å². The molecule has 216 valence electrons. The number of phenols is 6. The summed E-state index contributed by atoms with van der Waals surface area (Å²) in [6.07, 6.45) is -6.78. The molecule has 1 aliphatic carbocycles. The predicted octanol–water partition coefficient (Wildman–Crippen LogP) is 1.43. The number of hydrogen-bond donors (Lipinski definition) is 9. The summed E-state index contributed by atoms with van der Waals surface area (Å²) in [5, 5.41) is 94.5. The second-order valence-corrected chi connectivity index (χ2v) is 10.8. The molecule has 0 fully saturated rings. The molecule has 6 unspecified atom stereocenters. The average molecular weight is 569 g/mol. The van der Waals surface area contributed by atoms with Gasteiger partial charge in [-0.1, -0.05) is 0 Å². The fraction of sp³-hybridized carbons (Fsp3) is 0.345. The molecule has 3 aromatic carbocycles. The first-order valence-electron chi connectivity index (χ1n) is 13.0. The number of fused-ring (bicyclic) bond motifs is 3. The van der Waals surface area contributed by atoms with Gasteiger partial charge in [0.15, 0.2) is 23.4 Å². The lowest BCUT2D eigenvalue weighted by Gasteiger charge is -2.37. The fourth-order valence-corrected chi connectivity index (χ4v) is 6.23. The molecule has 3 aromatic rings. The van der Waals surface area contributed by atoms with E-state index in [1.807, 2.05) is 0 Å². The van der Waals surface area contributed by atoms with Gasteiger partial charge in [0, 0.05) is 59.7 Å². The van der Waals surface area contributed by atoms with E-state index in [1.165, 1.54) is 12.1 Å².